The van der Waals surface area contributed by atoms with Gasteiger partial charge in [-0.25, -0.2) is 13.2 Å². The SMILES string of the molecule is Cc1cc(=O)n(-c2ccc(OCF)cc2)cc1-c1ccc(F)c(F)c1. The summed E-state index contributed by atoms with van der Waals surface area (Å²) in [6.07, 6.45) is 1.56. The molecule has 0 atom stereocenters. The number of nitrogens with zero attached hydrogens (tertiary/aromatic N) is 1. The van der Waals surface area contributed by atoms with E-state index >= 15 is 0 Å². The van der Waals surface area contributed by atoms with Crippen LogP contribution >= 0.6 is 0 Å². The molecular formula is C19H14F3NO2. The van der Waals surface area contributed by atoms with Crippen molar-refractivity contribution < 1.29 is 17.9 Å². The number of benzene rings is 2. The highest BCUT2D eigenvalue weighted by molar-refractivity contribution is 5.66. The van der Waals surface area contributed by atoms with Gasteiger partial charge in [0.2, 0.25) is 6.86 Å². The van der Waals surface area contributed by atoms with E-state index < -0.39 is 18.5 Å². The molecule has 6 heteroatoms. The van der Waals surface area contributed by atoms with Crippen LogP contribution in [0.25, 0.3) is 16.8 Å². The van der Waals surface area contributed by atoms with Crippen LogP contribution in [-0.4, -0.2) is 11.4 Å². The molecule has 3 nitrogen and oxygen atoms in total. The molecule has 0 bridgehead atoms. The molecule has 3 rings (SSSR count). The first kappa shape index (κ1) is 16.8. The molecule has 0 N–H and O–H groups in total. The first-order chi connectivity index (χ1) is 12.0. The molecule has 0 amide bonds. The van der Waals surface area contributed by atoms with Gasteiger partial charge < -0.3 is 4.74 Å². The molecule has 0 saturated carbocycles. The molecule has 3 aromatic rings. The lowest BCUT2D eigenvalue weighted by Gasteiger charge is -2.12. The zero-order chi connectivity index (χ0) is 18.0. The van der Waals surface area contributed by atoms with Gasteiger partial charge in [-0.3, -0.25) is 9.36 Å². The fourth-order valence-corrected chi connectivity index (χ4v) is 2.56. The van der Waals surface area contributed by atoms with Crippen LogP contribution in [-0.2, 0) is 0 Å². The number of pyridine rings is 1. The van der Waals surface area contributed by atoms with E-state index in [4.69, 9.17) is 4.74 Å². The summed E-state index contributed by atoms with van der Waals surface area (Å²) >= 11 is 0. The van der Waals surface area contributed by atoms with Crippen LogP contribution in [0, 0.1) is 18.6 Å². The van der Waals surface area contributed by atoms with Crippen molar-refractivity contribution in [1.29, 1.82) is 0 Å². The van der Waals surface area contributed by atoms with Crippen molar-refractivity contribution in [2.45, 2.75) is 6.92 Å². The van der Waals surface area contributed by atoms with Gasteiger partial charge in [-0.2, -0.15) is 0 Å². The van der Waals surface area contributed by atoms with E-state index in [1.165, 1.54) is 16.7 Å². The standard InChI is InChI=1S/C19H14F3NO2/c1-12-8-19(24)23(14-3-5-15(6-4-14)25-11-20)10-16(12)13-2-7-17(21)18(22)9-13/h2-10H,11H2,1H3. The van der Waals surface area contributed by atoms with Gasteiger partial charge in [-0.15, -0.1) is 0 Å². The zero-order valence-electron chi connectivity index (χ0n) is 13.3. The average Bonchev–Trinajstić information content (AvgIpc) is 2.59. The Hall–Kier alpha value is -3.02. The molecule has 128 valence electrons. The Labute approximate surface area is 141 Å². The maximum atomic E-state index is 13.5. The highest BCUT2D eigenvalue weighted by atomic mass is 19.2. The molecule has 1 aromatic heterocycles. The van der Waals surface area contributed by atoms with E-state index in [1.54, 1.807) is 37.4 Å². The maximum Gasteiger partial charge on any atom is 0.255 e. The fraction of sp³-hybridized carbons (Fsp3) is 0.105. The molecule has 0 saturated heterocycles. The summed E-state index contributed by atoms with van der Waals surface area (Å²) < 4.78 is 45.0. The molecule has 0 unspecified atom stereocenters. The van der Waals surface area contributed by atoms with Gasteiger partial charge in [0.05, 0.1) is 0 Å². The topological polar surface area (TPSA) is 31.2 Å². The Balaban J connectivity index is 2.09. The lowest BCUT2D eigenvalue weighted by atomic mass is 10.0. The molecule has 0 radical (unpaired) electrons. The molecule has 0 aliphatic heterocycles. The van der Waals surface area contributed by atoms with Crippen molar-refractivity contribution in [1.82, 2.24) is 4.57 Å². The number of hydrogen-bond donors (Lipinski definition) is 0. The minimum atomic E-state index is -0.956. The van der Waals surface area contributed by atoms with Crippen LogP contribution in [0.3, 0.4) is 0 Å². The third kappa shape index (κ3) is 3.42. The summed E-state index contributed by atoms with van der Waals surface area (Å²) in [6, 6.07) is 11.3. The van der Waals surface area contributed by atoms with Crippen LogP contribution in [0.5, 0.6) is 5.75 Å². The highest BCUT2D eigenvalue weighted by Crippen LogP contribution is 2.25. The lowest BCUT2D eigenvalue weighted by molar-refractivity contribution is 0.192. The predicted molar refractivity (Wildman–Crippen MR) is 88.7 cm³/mol. The fourth-order valence-electron chi connectivity index (χ4n) is 2.56. The van der Waals surface area contributed by atoms with Gasteiger partial charge in [0.25, 0.3) is 5.56 Å². The Morgan fingerprint density at radius 2 is 1.72 bits per heavy atom. The molecule has 0 aliphatic carbocycles. The molecular weight excluding hydrogens is 331 g/mol. The first-order valence-electron chi connectivity index (χ1n) is 7.47. The van der Waals surface area contributed by atoms with Crippen molar-refractivity contribution >= 4 is 0 Å². The van der Waals surface area contributed by atoms with Gasteiger partial charge in [-0.05, 0) is 54.4 Å². The number of aryl methyl sites for hydroxylation is 1. The molecule has 2 aromatic carbocycles. The van der Waals surface area contributed by atoms with Crippen LogP contribution in [0.4, 0.5) is 13.2 Å². The first-order valence-corrected chi connectivity index (χ1v) is 7.47. The zero-order valence-corrected chi connectivity index (χ0v) is 13.3. The monoisotopic (exact) mass is 345 g/mol. The number of ether oxygens (including phenoxy) is 1. The minimum Gasteiger partial charge on any atom is -0.463 e. The van der Waals surface area contributed by atoms with Crippen LogP contribution in [0.2, 0.25) is 0 Å². The number of rotatable bonds is 4. The third-order valence-electron chi connectivity index (χ3n) is 3.83. The van der Waals surface area contributed by atoms with Crippen LogP contribution < -0.4 is 10.3 Å². The molecule has 0 fully saturated rings. The molecule has 0 aliphatic rings. The minimum absolute atomic E-state index is 0.275. The van der Waals surface area contributed by atoms with Crippen LogP contribution in [0.15, 0.2) is 59.5 Å². The van der Waals surface area contributed by atoms with Gasteiger partial charge in [0, 0.05) is 23.5 Å². The second kappa shape index (κ2) is 6.84. The van der Waals surface area contributed by atoms with Gasteiger partial charge in [-0.1, -0.05) is 6.07 Å². The predicted octanol–water partition coefficient (Wildman–Crippen LogP) is 4.40. The summed E-state index contributed by atoms with van der Waals surface area (Å²) in [5, 5.41) is 0. The number of halogens is 3. The normalized spacial score (nSPS) is 10.7. The third-order valence-corrected chi connectivity index (χ3v) is 3.83. The summed E-state index contributed by atoms with van der Waals surface area (Å²) in [4.78, 5) is 12.3. The highest BCUT2D eigenvalue weighted by Gasteiger charge is 2.10. The smallest absolute Gasteiger partial charge is 0.255 e. The second-order valence-electron chi connectivity index (χ2n) is 5.45. The van der Waals surface area contributed by atoms with Gasteiger partial charge in [0.15, 0.2) is 11.6 Å². The Kier molecular flexibility index (Phi) is 4.61. The lowest BCUT2D eigenvalue weighted by Crippen LogP contribution is -2.17. The Bertz CT molecular complexity index is 965. The number of hydrogen-bond acceptors (Lipinski definition) is 2. The second-order valence-corrected chi connectivity index (χ2v) is 5.45. The average molecular weight is 345 g/mol. The van der Waals surface area contributed by atoms with E-state index in [-0.39, 0.29) is 5.56 Å². The summed E-state index contributed by atoms with van der Waals surface area (Å²) in [5.74, 6) is -1.55. The van der Waals surface area contributed by atoms with Crippen molar-refractivity contribution in [2.75, 3.05) is 6.86 Å². The Morgan fingerprint density at radius 1 is 1.00 bits per heavy atom. The number of aromatic nitrogens is 1. The maximum absolute atomic E-state index is 13.5. The van der Waals surface area contributed by atoms with Gasteiger partial charge >= 0.3 is 0 Å². The molecule has 1 heterocycles. The summed E-state index contributed by atoms with van der Waals surface area (Å²) in [7, 11) is 0. The van der Waals surface area contributed by atoms with E-state index in [9.17, 15) is 18.0 Å². The van der Waals surface area contributed by atoms with Crippen LogP contribution in [0.1, 0.15) is 5.56 Å². The number of alkyl halides is 1. The quantitative estimate of drug-likeness (QED) is 0.702. The molecule has 0 spiro atoms. The van der Waals surface area contributed by atoms with E-state index in [0.717, 1.165) is 12.1 Å². The van der Waals surface area contributed by atoms with Crippen molar-refractivity contribution in [3.05, 3.63) is 82.3 Å². The van der Waals surface area contributed by atoms with Crippen molar-refractivity contribution in [3.63, 3.8) is 0 Å². The summed E-state index contributed by atoms with van der Waals surface area (Å²) in [5.41, 5.74) is 1.97. The van der Waals surface area contributed by atoms with E-state index in [1.807, 2.05) is 0 Å². The molecule has 25 heavy (non-hydrogen) atoms. The Morgan fingerprint density at radius 3 is 2.36 bits per heavy atom. The van der Waals surface area contributed by atoms with E-state index in [2.05, 4.69) is 0 Å². The van der Waals surface area contributed by atoms with Gasteiger partial charge in [0.1, 0.15) is 5.75 Å². The van der Waals surface area contributed by atoms with Crippen molar-refractivity contribution in [3.8, 4) is 22.6 Å². The largest absolute Gasteiger partial charge is 0.463 e. The van der Waals surface area contributed by atoms with Crippen molar-refractivity contribution in [2.24, 2.45) is 0 Å². The summed E-state index contributed by atoms with van der Waals surface area (Å²) in [6.45, 7) is 0.782. The van der Waals surface area contributed by atoms with E-state index in [0.29, 0.717) is 28.1 Å².